The first-order chi connectivity index (χ1) is 8.01. The Morgan fingerprint density at radius 1 is 1.29 bits per heavy atom. The van der Waals surface area contributed by atoms with E-state index in [1.807, 2.05) is 7.05 Å². The lowest BCUT2D eigenvalue weighted by Crippen LogP contribution is -2.16. The standard InChI is InChI=1S/C9H14F3N3OS/c1-13-4-2-3-7-14-15-8(17-7)5-16-6-9(10,11)12/h13H,2-6H2,1H3. The Balaban J connectivity index is 2.26. The van der Waals surface area contributed by atoms with Crippen LogP contribution >= 0.6 is 11.3 Å². The minimum atomic E-state index is -4.29. The lowest BCUT2D eigenvalue weighted by atomic mass is 10.3. The zero-order valence-corrected chi connectivity index (χ0v) is 10.2. The number of aromatic nitrogens is 2. The molecule has 17 heavy (non-hydrogen) atoms. The number of rotatable bonds is 7. The van der Waals surface area contributed by atoms with E-state index in [2.05, 4.69) is 20.3 Å². The summed E-state index contributed by atoms with van der Waals surface area (Å²) in [5, 5.41) is 12.0. The van der Waals surface area contributed by atoms with Crippen molar-refractivity contribution < 1.29 is 17.9 Å². The topological polar surface area (TPSA) is 47.0 Å². The molecule has 0 saturated heterocycles. The molecule has 0 radical (unpaired) electrons. The Morgan fingerprint density at radius 2 is 2.00 bits per heavy atom. The summed E-state index contributed by atoms with van der Waals surface area (Å²) in [5.74, 6) is 0. The summed E-state index contributed by atoms with van der Waals surface area (Å²) in [6.07, 6.45) is -2.59. The van der Waals surface area contributed by atoms with Crippen LogP contribution in [0.3, 0.4) is 0 Å². The first kappa shape index (κ1) is 14.3. The monoisotopic (exact) mass is 269 g/mol. The number of nitrogens with zero attached hydrogens (tertiary/aromatic N) is 2. The highest BCUT2D eigenvalue weighted by molar-refractivity contribution is 7.11. The zero-order valence-electron chi connectivity index (χ0n) is 9.38. The van der Waals surface area contributed by atoms with Crippen LogP contribution in [0.15, 0.2) is 0 Å². The van der Waals surface area contributed by atoms with Crippen LogP contribution < -0.4 is 5.32 Å². The molecule has 0 saturated carbocycles. The number of hydrogen-bond donors (Lipinski definition) is 1. The third-order valence-corrected chi connectivity index (χ3v) is 2.77. The van der Waals surface area contributed by atoms with Gasteiger partial charge in [0.15, 0.2) is 0 Å². The van der Waals surface area contributed by atoms with E-state index in [1.54, 1.807) is 0 Å². The number of alkyl halides is 3. The molecule has 0 aliphatic carbocycles. The molecule has 0 amide bonds. The van der Waals surface area contributed by atoms with Crippen LogP contribution in [0.2, 0.25) is 0 Å². The van der Waals surface area contributed by atoms with Crippen LogP contribution in [-0.2, 0) is 17.8 Å². The van der Waals surface area contributed by atoms with E-state index >= 15 is 0 Å². The predicted octanol–water partition coefficient (Wildman–Crippen LogP) is 1.77. The number of nitrogens with one attached hydrogen (secondary N) is 1. The Morgan fingerprint density at radius 3 is 2.65 bits per heavy atom. The molecule has 0 spiro atoms. The van der Waals surface area contributed by atoms with Gasteiger partial charge in [-0.25, -0.2) is 0 Å². The highest BCUT2D eigenvalue weighted by Crippen LogP contribution is 2.17. The predicted molar refractivity (Wildman–Crippen MR) is 57.9 cm³/mol. The smallest absolute Gasteiger partial charge is 0.365 e. The van der Waals surface area contributed by atoms with E-state index in [-0.39, 0.29) is 6.61 Å². The molecule has 1 aromatic heterocycles. The molecule has 1 heterocycles. The lowest BCUT2D eigenvalue weighted by molar-refractivity contribution is -0.176. The Hall–Kier alpha value is -0.730. The fourth-order valence-electron chi connectivity index (χ4n) is 1.12. The van der Waals surface area contributed by atoms with Crippen molar-refractivity contribution in [2.75, 3.05) is 20.2 Å². The van der Waals surface area contributed by atoms with Crippen LogP contribution in [0.1, 0.15) is 16.4 Å². The van der Waals surface area contributed by atoms with Gasteiger partial charge in [-0.1, -0.05) is 11.3 Å². The molecule has 0 fully saturated rings. The minimum Gasteiger partial charge on any atom is -0.365 e. The number of aryl methyl sites for hydroxylation is 1. The van der Waals surface area contributed by atoms with Crippen LogP contribution in [-0.4, -0.2) is 36.6 Å². The maximum Gasteiger partial charge on any atom is 0.411 e. The largest absolute Gasteiger partial charge is 0.411 e. The molecule has 0 atom stereocenters. The number of ether oxygens (including phenoxy) is 1. The summed E-state index contributed by atoms with van der Waals surface area (Å²) >= 11 is 1.29. The second-order valence-electron chi connectivity index (χ2n) is 3.40. The average molecular weight is 269 g/mol. The molecule has 98 valence electrons. The van der Waals surface area contributed by atoms with Gasteiger partial charge in [0.25, 0.3) is 0 Å². The van der Waals surface area contributed by atoms with Crippen LogP contribution in [0.4, 0.5) is 13.2 Å². The molecule has 1 N–H and O–H groups in total. The normalized spacial score (nSPS) is 12.0. The Bertz CT molecular complexity index is 330. The zero-order chi connectivity index (χ0) is 12.7. The SMILES string of the molecule is CNCCCc1nnc(COCC(F)(F)F)s1. The second kappa shape index (κ2) is 6.87. The number of halogens is 3. The lowest BCUT2D eigenvalue weighted by Gasteiger charge is -2.04. The molecule has 0 bridgehead atoms. The maximum absolute atomic E-state index is 11.8. The van der Waals surface area contributed by atoms with E-state index in [9.17, 15) is 13.2 Å². The fourth-order valence-corrected chi connectivity index (χ4v) is 1.94. The second-order valence-corrected chi connectivity index (χ2v) is 4.55. The first-order valence-corrected chi connectivity index (χ1v) is 5.93. The van der Waals surface area contributed by atoms with Crippen molar-refractivity contribution in [2.45, 2.75) is 25.6 Å². The molecule has 0 aliphatic rings. The summed E-state index contributed by atoms with van der Waals surface area (Å²) in [4.78, 5) is 0. The molecule has 1 aromatic rings. The van der Waals surface area contributed by atoms with Crippen molar-refractivity contribution in [1.82, 2.24) is 15.5 Å². The quantitative estimate of drug-likeness (QED) is 0.766. The van der Waals surface area contributed by atoms with Crippen molar-refractivity contribution in [3.63, 3.8) is 0 Å². The van der Waals surface area contributed by atoms with Gasteiger partial charge in [-0.05, 0) is 20.0 Å². The summed E-state index contributed by atoms with van der Waals surface area (Å²) in [6.45, 7) is -0.510. The van der Waals surface area contributed by atoms with Crippen molar-refractivity contribution in [1.29, 1.82) is 0 Å². The third-order valence-electron chi connectivity index (χ3n) is 1.82. The Kier molecular flexibility index (Phi) is 5.79. The molecule has 0 unspecified atom stereocenters. The van der Waals surface area contributed by atoms with Crippen molar-refractivity contribution in [3.8, 4) is 0 Å². The summed E-state index contributed by atoms with van der Waals surface area (Å²) in [5.41, 5.74) is 0. The summed E-state index contributed by atoms with van der Waals surface area (Å²) < 4.78 is 39.9. The van der Waals surface area contributed by atoms with Gasteiger partial charge in [-0.15, -0.1) is 10.2 Å². The van der Waals surface area contributed by atoms with Gasteiger partial charge in [0.2, 0.25) is 0 Å². The fraction of sp³-hybridized carbons (Fsp3) is 0.778. The molecular formula is C9H14F3N3OS. The van der Waals surface area contributed by atoms with Gasteiger partial charge in [0.05, 0.1) is 0 Å². The maximum atomic E-state index is 11.8. The van der Waals surface area contributed by atoms with E-state index in [4.69, 9.17) is 0 Å². The number of hydrogen-bond acceptors (Lipinski definition) is 5. The molecule has 4 nitrogen and oxygen atoms in total. The average Bonchev–Trinajstić information content (AvgIpc) is 2.64. The van der Waals surface area contributed by atoms with Crippen molar-refractivity contribution in [3.05, 3.63) is 10.0 Å². The Labute approximate surface area is 101 Å². The molecular weight excluding hydrogens is 255 g/mol. The van der Waals surface area contributed by atoms with E-state index < -0.39 is 12.8 Å². The van der Waals surface area contributed by atoms with Gasteiger partial charge < -0.3 is 10.1 Å². The third kappa shape index (κ3) is 6.54. The highest BCUT2D eigenvalue weighted by atomic mass is 32.1. The molecule has 8 heteroatoms. The minimum absolute atomic E-state index is 0.136. The van der Waals surface area contributed by atoms with Crippen LogP contribution in [0.25, 0.3) is 0 Å². The highest BCUT2D eigenvalue weighted by Gasteiger charge is 2.27. The first-order valence-electron chi connectivity index (χ1n) is 5.11. The molecule has 0 aliphatic heterocycles. The van der Waals surface area contributed by atoms with Crippen molar-refractivity contribution >= 4 is 11.3 Å². The van der Waals surface area contributed by atoms with Crippen LogP contribution in [0, 0.1) is 0 Å². The van der Waals surface area contributed by atoms with Crippen LogP contribution in [0.5, 0.6) is 0 Å². The van der Waals surface area contributed by atoms with Gasteiger partial charge in [-0.2, -0.15) is 13.2 Å². The van der Waals surface area contributed by atoms with E-state index in [0.717, 1.165) is 24.4 Å². The van der Waals surface area contributed by atoms with Gasteiger partial charge >= 0.3 is 6.18 Å². The van der Waals surface area contributed by atoms with Crippen molar-refractivity contribution in [2.24, 2.45) is 0 Å². The summed E-state index contributed by atoms with van der Waals surface area (Å²) in [7, 11) is 1.86. The summed E-state index contributed by atoms with van der Waals surface area (Å²) in [6, 6.07) is 0. The van der Waals surface area contributed by atoms with E-state index in [1.165, 1.54) is 11.3 Å². The van der Waals surface area contributed by atoms with Gasteiger partial charge in [0, 0.05) is 6.42 Å². The van der Waals surface area contributed by atoms with Gasteiger partial charge in [0.1, 0.15) is 23.2 Å². The van der Waals surface area contributed by atoms with E-state index in [0.29, 0.717) is 5.01 Å². The molecule has 1 rings (SSSR count). The van der Waals surface area contributed by atoms with Gasteiger partial charge in [-0.3, -0.25) is 0 Å². The molecule has 0 aromatic carbocycles.